The Morgan fingerprint density at radius 3 is 2.89 bits per heavy atom. The lowest BCUT2D eigenvalue weighted by atomic mass is 10.0. The first-order valence-electron chi connectivity index (χ1n) is 11.9. The Hall–Kier alpha value is -4.26. The number of likely N-dealkylation sites (tertiary alicyclic amines) is 1. The number of allylic oxidation sites excluding steroid dienone is 2. The number of nitriles is 1. The first kappa shape index (κ1) is 23.5. The van der Waals surface area contributed by atoms with Crippen molar-refractivity contribution in [2.45, 2.75) is 44.8 Å². The number of carbonyl (C=O) groups excluding carboxylic acids is 1. The van der Waals surface area contributed by atoms with E-state index in [-0.39, 0.29) is 17.9 Å². The Morgan fingerprint density at radius 2 is 2.14 bits per heavy atom. The third-order valence-corrected chi connectivity index (χ3v) is 6.61. The zero-order valence-electron chi connectivity index (χ0n) is 20.1. The SMILES string of the molecule is CC(=O)N1CCC[C@H](n2cc(C3C=Cn4ncc(C#N)c4C(O[C@H](C)c4ccc(F)cn4)=C3)cn2)C1. The molecule has 1 saturated heterocycles. The highest BCUT2D eigenvalue weighted by Gasteiger charge is 2.26. The van der Waals surface area contributed by atoms with E-state index in [1.807, 2.05) is 47.3 Å². The molecule has 0 saturated carbocycles. The van der Waals surface area contributed by atoms with Crippen molar-refractivity contribution in [3.8, 4) is 6.07 Å². The molecule has 0 aromatic carbocycles. The maximum atomic E-state index is 13.4. The summed E-state index contributed by atoms with van der Waals surface area (Å²) in [6, 6.07) is 5.21. The quantitative estimate of drug-likeness (QED) is 0.538. The number of piperidine rings is 1. The number of hydrogen-bond donors (Lipinski definition) is 0. The first-order valence-corrected chi connectivity index (χ1v) is 11.9. The lowest BCUT2D eigenvalue weighted by molar-refractivity contribution is -0.130. The molecule has 0 spiro atoms. The van der Waals surface area contributed by atoms with Gasteiger partial charge in [-0.3, -0.25) is 14.5 Å². The fourth-order valence-electron chi connectivity index (χ4n) is 4.64. The maximum absolute atomic E-state index is 13.4. The van der Waals surface area contributed by atoms with Crippen molar-refractivity contribution in [1.82, 2.24) is 29.4 Å². The van der Waals surface area contributed by atoms with Crippen LogP contribution in [0.15, 0.2) is 49.1 Å². The molecule has 5 heterocycles. The average Bonchev–Trinajstić information content (AvgIpc) is 3.50. The molecule has 2 aliphatic rings. The van der Waals surface area contributed by atoms with Crippen LogP contribution in [-0.2, 0) is 9.53 Å². The van der Waals surface area contributed by atoms with Gasteiger partial charge in [-0.25, -0.2) is 9.07 Å². The predicted octanol–water partition coefficient (Wildman–Crippen LogP) is 4.06. The van der Waals surface area contributed by atoms with Crippen molar-refractivity contribution in [3.63, 3.8) is 0 Å². The van der Waals surface area contributed by atoms with Crippen molar-refractivity contribution in [1.29, 1.82) is 5.26 Å². The summed E-state index contributed by atoms with van der Waals surface area (Å²) in [7, 11) is 0. The summed E-state index contributed by atoms with van der Waals surface area (Å²) < 4.78 is 23.2. The number of aromatic nitrogens is 5. The van der Waals surface area contributed by atoms with Gasteiger partial charge >= 0.3 is 0 Å². The summed E-state index contributed by atoms with van der Waals surface area (Å²) in [5.74, 6) is -0.0557. The van der Waals surface area contributed by atoms with Crippen molar-refractivity contribution < 1.29 is 13.9 Å². The van der Waals surface area contributed by atoms with Crippen molar-refractivity contribution in [2.24, 2.45) is 0 Å². The molecule has 3 atom stereocenters. The van der Waals surface area contributed by atoms with E-state index >= 15 is 0 Å². The molecule has 5 rings (SSSR count). The number of hydrogen-bond acceptors (Lipinski definition) is 6. The van der Waals surface area contributed by atoms with Crippen LogP contribution in [0.25, 0.3) is 12.0 Å². The highest BCUT2D eigenvalue weighted by Crippen LogP contribution is 2.34. The number of fused-ring (bicyclic) bond motifs is 1. The Bertz CT molecular complexity index is 1370. The largest absolute Gasteiger partial charge is 0.482 e. The number of carbonyl (C=O) groups is 1. The number of rotatable bonds is 5. The highest BCUT2D eigenvalue weighted by molar-refractivity contribution is 5.73. The molecule has 0 N–H and O–H groups in total. The first-order chi connectivity index (χ1) is 17.4. The monoisotopic (exact) mass is 487 g/mol. The van der Waals surface area contributed by atoms with E-state index in [2.05, 4.69) is 21.3 Å². The third-order valence-electron chi connectivity index (χ3n) is 6.61. The zero-order chi connectivity index (χ0) is 25.2. The second kappa shape index (κ2) is 9.77. The number of nitrogens with zero attached hydrogens (tertiary/aromatic N) is 7. The minimum Gasteiger partial charge on any atom is -0.482 e. The molecular weight excluding hydrogens is 461 g/mol. The van der Waals surface area contributed by atoms with E-state index in [9.17, 15) is 14.4 Å². The van der Waals surface area contributed by atoms with Crippen molar-refractivity contribution in [3.05, 3.63) is 77.4 Å². The zero-order valence-corrected chi connectivity index (χ0v) is 20.1. The lowest BCUT2D eigenvalue weighted by Crippen LogP contribution is -2.39. The molecule has 1 unspecified atom stereocenters. The average molecular weight is 488 g/mol. The van der Waals surface area contributed by atoms with Crippen LogP contribution >= 0.6 is 0 Å². The van der Waals surface area contributed by atoms with Gasteiger partial charge in [0, 0.05) is 43.9 Å². The molecular formula is C26H26FN7O2. The van der Waals surface area contributed by atoms with Gasteiger partial charge in [-0.2, -0.15) is 15.5 Å². The minimum atomic E-state index is -0.493. The Balaban J connectivity index is 1.45. The highest BCUT2D eigenvalue weighted by atomic mass is 19.1. The molecule has 1 fully saturated rings. The van der Waals surface area contributed by atoms with Crippen molar-refractivity contribution in [2.75, 3.05) is 13.1 Å². The smallest absolute Gasteiger partial charge is 0.219 e. The summed E-state index contributed by atoms with van der Waals surface area (Å²) in [5, 5.41) is 18.6. The van der Waals surface area contributed by atoms with E-state index in [0.717, 1.165) is 31.1 Å². The van der Waals surface area contributed by atoms with Crippen LogP contribution in [0, 0.1) is 17.1 Å². The van der Waals surface area contributed by atoms with Crippen LogP contribution in [0.2, 0.25) is 0 Å². The molecule has 0 bridgehead atoms. The van der Waals surface area contributed by atoms with E-state index in [0.29, 0.717) is 29.3 Å². The Morgan fingerprint density at radius 1 is 1.28 bits per heavy atom. The molecule has 3 aromatic rings. The van der Waals surface area contributed by atoms with Gasteiger partial charge in [0.25, 0.3) is 0 Å². The van der Waals surface area contributed by atoms with Gasteiger partial charge in [-0.05, 0) is 38.0 Å². The van der Waals surface area contributed by atoms with Crippen molar-refractivity contribution >= 4 is 17.9 Å². The van der Waals surface area contributed by atoms with Crippen LogP contribution in [0.4, 0.5) is 4.39 Å². The van der Waals surface area contributed by atoms with Gasteiger partial charge in [0.2, 0.25) is 5.91 Å². The van der Waals surface area contributed by atoms with Crippen LogP contribution in [-0.4, -0.2) is 48.4 Å². The van der Waals surface area contributed by atoms with Gasteiger partial charge in [-0.1, -0.05) is 6.08 Å². The minimum absolute atomic E-state index is 0.0796. The molecule has 36 heavy (non-hydrogen) atoms. The lowest BCUT2D eigenvalue weighted by Gasteiger charge is -2.32. The molecule has 184 valence electrons. The van der Waals surface area contributed by atoms with Gasteiger partial charge in [0.1, 0.15) is 35.0 Å². The van der Waals surface area contributed by atoms with Gasteiger partial charge < -0.3 is 9.64 Å². The van der Waals surface area contributed by atoms with Crippen LogP contribution in [0.5, 0.6) is 0 Å². The summed E-state index contributed by atoms with van der Waals surface area (Å²) >= 11 is 0. The molecule has 3 aromatic heterocycles. The Kier molecular flexibility index (Phi) is 6.38. The summed E-state index contributed by atoms with van der Waals surface area (Å²) in [6.45, 7) is 4.84. The topological polar surface area (TPSA) is 102 Å². The summed E-state index contributed by atoms with van der Waals surface area (Å²) in [4.78, 5) is 17.8. The standard InChI is InChI=1S/C26H26FN7O2/c1-17(24-6-5-22(27)14-29-24)36-25-10-19(7-9-33-26(25)20(11-28)12-30-33)21-13-31-34(15-21)23-4-3-8-32(16-23)18(2)35/h5-7,9-10,12-15,17,19,23H,3-4,8,16H2,1-2H3/t17-,19?,23+/m1/s1. The van der Waals surface area contributed by atoms with Crippen LogP contribution in [0.1, 0.15) is 67.3 Å². The molecule has 10 heteroatoms. The van der Waals surface area contributed by atoms with E-state index in [1.165, 1.54) is 12.3 Å². The van der Waals surface area contributed by atoms with Gasteiger partial charge in [-0.15, -0.1) is 0 Å². The summed E-state index contributed by atoms with van der Waals surface area (Å²) in [6.07, 6.45) is 13.6. The number of amides is 1. The van der Waals surface area contributed by atoms with Gasteiger partial charge in [0.05, 0.1) is 30.3 Å². The number of ether oxygens (including phenoxy) is 1. The normalized spacial score (nSPS) is 20.2. The number of pyridine rings is 1. The van der Waals surface area contributed by atoms with E-state index in [1.54, 1.807) is 17.7 Å². The van der Waals surface area contributed by atoms with E-state index in [4.69, 9.17) is 4.74 Å². The number of halogens is 1. The second-order valence-corrected chi connectivity index (χ2v) is 9.04. The Labute approximate surface area is 208 Å². The molecule has 2 aliphatic heterocycles. The molecule has 9 nitrogen and oxygen atoms in total. The predicted molar refractivity (Wildman–Crippen MR) is 129 cm³/mol. The second-order valence-electron chi connectivity index (χ2n) is 9.04. The third kappa shape index (κ3) is 4.64. The molecule has 0 aliphatic carbocycles. The maximum Gasteiger partial charge on any atom is 0.219 e. The summed E-state index contributed by atoms with van der Waals surface area (Å²) in [5.41, 5.74) is 2.44. The fraction of sp³-hybridized carbons (Fsp3) is 0.346. The van der Waals surface area contributed by atoms with E-state index < -0.39 is 11.9 Å². The van der Waals surface area contributed by atoms with Gasteiger partial charge in [0.15, 0.2) is 0 Å². The van der Waals surface area contributed by atoms with Crippen LogP contribution in [0.3, 0.4) is 0 Å². The molecule has 1 amide bonds. The van der Waals surface area contributed by atoms with Crippen LogP contribution < -0.4 is 0 Å². The fourth-order valence-corrected chi connectivity index (χ4v) is 4.64. The molecule has 0 radical (unpaired) electrons.